The molecule has 0 aromatic carbocycles. The predicted octanol–water partition coefficient (Wildman–Crippen LogP) is 0.944. The van der Waals surface area contributed by atoms with Gasteiger partial charge in [-0.3, -0.25) is 9.69 Å². The number of carbonyl (C=O) groups is 1. The van der Waals surface area contributed by atoms with Gasteiger partial charge in [-0.05, 0) is 26.7 Å². The van der Waals surface area contributed by atoms with E-state index in [2.05, 4.69) is 32.6 Å². The lowest BCUT2D eigenvalue weighted by molar-refractivity contribution is -0.143. The number of piperazine rings is 1. The number of nitrogens with zero attached hydrogens (tertiary/aromatic N) is 2. The molecule has 1 heterocycles. The van der Waals surface area contributed by atoms with Gasteiger partial charge in [-0.1, -0.05) is 13.8 Å². The Morgan fingerprint density at radius 2 is 1.71 bits per heavy atom. The van der Waals surface area contributed by atoms with Gasteiger partial charge in [0.05, 0.1) is 0 Å². The molecule has 0 radical (unpaired) electrons. The van der Waals surface area contributed by atoms with E-state index in [1.807, 2.05) is 0 Å². The Bertz CT molecular complexity index is 254. The van der Waals surface area contributed by atoms with Crippen LogP contribution in [0.25, 0.3) is 0 Å². The van der Waals surface area contributed by atoms with E-state index in [0.717, 1.165) is 19.6 Å². The topological polar surface area (TPSA) is 43.8 Å². The van der Waals surface area contributed by atoms with E-state index in [9.17, 15) is 9.90 Å². The summed E-state index contributed by atoms with van der Waals surface area (Å²) >= 11 is 0. The zero-order valence-electron chi connectivity index (χ0n) is 11.7. The lowest BCUT2D eigenvalue weighted by atomic mass is 10.0. The SMILES string of the molecule is CC(C)CN1[C@H](C)CN(C(=O)[C@H](C)O)C[C@@H]1C. The van der Waals surface area contributed by atoms with Crippen LogP contribution < -0.4 is 0 Å². The number of aliphatic hydroxyl groups is 1. The number of hydrogen-bond acceptors (Lipinski definition) is 3. The summed E-state index contributed by atoms with van der Waals surface area (Å²) in [6, 6.07) is 0.729. The summed E-state index contributed by atoms with van der Waals surface area (Å²) in [6.45, 7) is 12.8. The van der Waals surface area contributed by atoms with Crippen LogP contribution in [-0.2, 0) is 4.79 Å². The van der Waals surface area contributed by atoms with Crippen molar-refractivity contribution in [3.05, 3.63) is 0 Å². The number of amides is 1. The summed E-state index contributed by atoms with van der Waals surface area (Å²) < 4.78 is 0. The molecule has 100 valence electrons. The molecule has 1 aliphatic heterocycles. The first-order valence-corrected chi connectivity index (χ1v) is 6.55. The fourth-order valence-electron chi connectivity index (χ4n) is 2.58. The van der Waals surface area contributed by atoms with Crippen LogP contribution in [0.5, 0.6) is 0 Å². The summed E-state index contributed by atoms with van der Waals surface area (Å²) in [7, 11) is 0. The molecule has 0 aromatic heterocycles. The summed E-state index contributed by atoms with van der Waals surface area (Å²) in [4.78, 5) is 16.0. The Morgan fingerprint density at radius 3 is 2.06 bits per heavy atom. The Kier molecular flexibility index (Phi) is 4.95. The van der Waals surface area contributed by atoms with Gasteiger partial charge in [0.15, 0.2) is 0 Å². The number of carbonyl (C=O) groups excluding carboxylic acids is 1. The van der Waals surface area contributed by atoms with Gasteiger partial charge in [-0.2, -0.15) is 0 Å². The lowest BCUT2D eigenvalue weighted by Crippen LogP contribution is -2.59. The molecule has 1 aliphatic rings. The van der Waals surface area contributed by atoms with E-state index < -0.39 is 6.10 Å². The molecular weight excluding hydrogens is 216 g/mol. The van der Waals surface area contributed by atoms with Gasteiger partial charge in [-0.15, -0.1) is 0 Å². The number of rotatable bonds is 3. The third-order valence-electron chi connectivity index (χ3n) is 3.35. The Labute approximate surface area is 105 Å². The Hall–Kier alpha value is -0.610. The van der Waals surface area contributed by atoms with Crippen molar-refractivity contribution in [3.63, 3.8) is 0 Å². The maximum atomic E-state index is 11.8. The number of aliphatic hydroxyl groups excluding tert-OH is 1. The fourth-order valence-corrected chi connectivity index (χ4v) is 2.58. The van der Waals surface area contributed by atoms with E-state index in [4.69, 9.17) is 0 Å². The third-order valence-corrected chi connectivity index (χ3v) is 3.35. The first kappa shape index (κ1) is 14.5. The molecule has 1 saturated heterocycles. The molecule has 3 atom stereocenters. The molecule has 0 aromatic rings. The molecule has 1 amide bonds. The fraction of sp³-hybridized carbons (Fsp3) is 0.923. The average molecular weight is 242 g/mol. The van der Waals surface area contributed by atoms with E-state index in [0.29, 0.717) is 18.0 Å². The van der Waals surface area contributed by atoms with Crippen LogP contribution in [0.4, 0.5) is 0 Å². The lowest BCUT2D eigenvalue weighted by Gasteiger charge is -2.45. The van der Waals surface area contributed by atoms with Crippen LogP contribution in [0.1, 0.15) is 34.6 Å². The average Bonchev–Trinajstić information content (AvgIpc) is 2.21. The normalized spacial score (nSPS) is 28.5. The third kappa shape index (κ3) is 3.68. The molecule has 0 saturated carbocycles. The van der Waals surface area contributed by atoms with E-state index >= 15 is 0 Å². The second-order valence-electron chi connectivity index (χ2n) is 5.71. The second-order valence-corrected chi connectivity index (χ2v) is 5.71. The van der Waals surface area contributed by atoms with Gasteiger partial charge in [-0.25, -0.2) is 0 Å². The molecule has 1 rings (SSSR count). The van der Waals surface area contributed by atoms with E-state index in [1.54, 1.807) is 4.90 Å². The van der Waals surface area contributed by atoms with Crippen LogP contribution in [0.2, 0.25) is 0 Å². The molecule has 4 nitrogen and oxygen atoms in total. The van der Waals surface area contributed by atoms with E-state index in [1.165, 1.54) is 6.92 Å². The molecule has 1 fully saturated rings. The highest BCUT2D eigenvalue weighted by molar-refractivity contribution is 5.80. The second kappa shape index (κ2) is 5.83. The first-order chi connectivity index (χ1) is 7.82. The van der Waals surface area contributed by atoms with Crippen molar-refractivity contribution in [1.82, 2.24) is 9.80 Å². The summed E-state index contributed by atoms with van der Waals surface area (Å²) in [5.74, 6) is 0.492. The molecule has 0 spiro atoms. The van der Waals surface area contributed by atoms with Crippen molar-refractivity contribution >= 4 is 5.91 Å². The highest BCUT2D eigenvalue weighted by Gasteiger charge is 2.32. The Balaban J connectivity index is 2.63. The quantitative estimate of drug-likeness (QED) is 0.801. The van der Waals surface area contributed by atoms with E-state index in [-0.39, 0.29) is 5.91 Å². The molecule has 1 N–H and O–H groups in total. The van der Waals surface area contributed by atoms with Crippen molar-refractivity contribution in [3.8, 4) is 0 Å². The molecule has 0 bridgehead atoms. The zero-order chi connectivity index (χ0) is 13.2. The molecule has 4 heteroatoms. The van der Waals surface area contributed by atoms with Gasteiger partial charge in [0.1, 0.15) is 6.10 Å². The highest BCUT2D eigenvalue weighted by atomic mass is 16.3. The van der Waals surface area contributed by atoms with Crippen molar-refractivity contribution in [2.45, 2.75) is 52.8 Å². The van der Waals surface area contributed by atoms with Crippen LogP contribution in [-0.4, -0.2) is 58.6 Å². The van der Waals surface area contributed by atoms with Crippen LogP contribution in [0.15, 0.2) is 0 Å². The van der Waals surface area contributed by atoms with Gasteiger partial charge in [0, 0.05) is 31.7 Å². The monoisotopic (exact) mass is 242 g/mol. The smallest absolute Gasteiger partial charge is 0.251 e. The largest absolute Gasteiger partial charge is 0.384 e. The van der Waals surface area contributed by atoms with Gasteiger partial charge >= 0.3 is 0 Å². The number of hydrogen-bond donors (Lipinski definition) is 1. The van der Waals surface area contributed by atoms with Crippen molar-refractivity contribution in [2.24, 2.45) is 5.92 Å². The maximum Gasteiger partial charge on any atom is 0.251 e. The molecule has 0 aliphatic carbocycles. The molecule has 17 heavy (non-hydrogen) atoms. The summed E-state index contributed by atoms with van der Waals surface area (Å²) in [6.07, 6.45) is -0.883. The highest BCUT2D eigenvalue weighted by Crippen LogP contribution is 2.18. The minimum atomic E-state index is -0.883. The van der Waals surface area contributed by atoms with Gasteiger partial charge in [0.2, 0.25) is 0 Å². The van der Waals surface area contributed by atoms with Crippen molar-refractivity contribution in [2.75, 3.05) is 19.6 Å². The van der Waals surface area contributed by atoms with Crippen molar-refractivity contribution in [1.29, 1.82) is 0 Å². The Morgan fingerprint density at radius 1 is 1.24 bits per heavy atom. The minimum Gasteiger partial charge on any atom is -0.384 e. The van der Waals surface area contributed by atoms with Crippen molar-refractivity contribution < 1.29 is 9.90 Å². The zero-order valence-corrected chi connectivity index (χ0v) is 11.7. The first-order valence-electron chi connectivity index (χ1n) is 6.55. The summed E-state index contributed by atoms with van der Waals surface area (Å²) in [5, 5.41) is 9.35. The standard InChI is InChI=1S/C13H26N2O2/c1-9(2)6-15-10(3)7-14(8-11(15)4)13(17)12(5)16/h9-12,16H,6-8H2,1-5H3/t10-,11+,12-/m0/s1. The van der Waals surface area contributed by atoms with Gasteiger partial charge < -0.3 is 10.0 Å². The van der Waals surface area contributed by atoms with Crippen LogP contribution >= 0.6 is 0 Å². The van der Waals surface area contributed by atoms with Gasteiger partial charge in [0.25, 0.3) is 5.91 Å². The summed E-state index contributed by atoms with van der Waals surface area (Å²) in [5.41, 5.74) is 0. The minimum absolute atomic E-state index is 0.145. The molecule has 0 unspecified atom stereocenters. The van der Waals surface area contributed by atoms with Crippen LogP contribution in [0, 0.1) is 5.92 Å². The maximum absolute atomic E-state index is 11.8. The predicted molar refractivity (Wildman–Crippen MR) is 68.7 cm³/mol. The van der Waals surface area contributed by atoms with Crippen LogP contribution in [0.3, 0.4) is 0 Å². The molecular formula is C13H26N2O2.